The van der Waals surface area contributed by atoms with Crippen LogP contribution in [0.15, 0.2) is 69.6 Å². The summed E-state index contributed by atoms with van der Waals surface area (Å²) >= 11 is 3.32. The Morgan fingerprint density at radius 3 is 2.59 bits per heavy atom. The smallest absolute Gasteiger partial charge is 0.218 e. The Labute approximate surface area is 138 Å². The molecule has 1 unspecified atom stereocenters. The zero-order valence-corrected chi connectivity index (χ0v) is 13.7. The van der Waals surface area contributed by atoms with Crippen LogP contribution in [0.5, 0.6) is 0 Å². The van der Waals surface area contributed by atoms with Crippen LogP contribution < -0.4 is 5.73 Å². The molecular weight excluding hydrogens is 312 g/mol. The lowest BCUT2D eigenvalue weighted by Crippen LogP contribution is -2.32. The van der Waals surface area contributed by atoms with Gasteiger partial charge in [0.2, 0.25) is 5.96 Å². The maximum absolute atomic E-state index is 6.15. The standard InChI is InChI=1S/C16H16N4S2/c1-21-14-9-7-13(8-10-14)19-16(17)20-15(22-11-18-20)12-5-3-2-4-6-12/h2-11,15H,1H3,(H2,17,19). The van der Waals surface area contributed by atoms with E-state index in [0.717, 1.165) is 11.3 Å². The molecule has 4 nitrogen and oxygen atoms in total. The highest BCUT2D eigenvalue weighted by Crippen LogP contribution is 2.35. The molecule has 0 saturated heterocycles. The Morgan fingerprint density at radius 2 is 1.91 bits per heavy atom. The lowest BCUT2D eigenvalue weighted by Gasteiger charge is -2.21. The van der Waals surface area contributed by atoms with Gasteiger partial charge in [-0.3, -0.25) is 0 Å². The summed E-state index contributed by atoms with van der Waals surface area (Å²) < 4.78 is 0. The molecule has 0 aliphatic carbocycles. The van der Waals surface area contributed by atoms with Crippen LogP contribution in [-0.4, -0.2) is 22.8 Å². The first-order valence-electron chi connectivity index (χ1n) is 6.78. The number of nitrogens with zero attached hydrogens (tertiary/aromatic N) is 3. The summed E-state index contributed by atoms with van der Waals surface area (Å²) in [4.78, 5) is 5.68. The molecule has 6 heteroatoms. The zero-order chi connectivity index (χ0) is 15.4. The highest BCUT2D eigenvalue weighted by atomic mass is 32.2. The van der Waals surface area contributed by atoms with E-state index in [1.807, 2.05) is 48.7 Å². The predicted molar refractivity (Wildman–Crippen MR) is 96.6 cm³/mol. The minimum Gasteiger partial charge on any atom is -0.368 e. The minimum absolute atomic E-state index is 0.0374. The van der Waals surface area contributed by atoms with Crippen molar-refractivity contribution in [1.82, 2.24) is 5.01 Å². The number of guanidine groups is 1. The number of hydrazone groups is 1. The van der Waals surface area contributed by atoms with Crippen molar-refractivity contribution in [2.75, 3.05) is 6.26 Å². The number of thioether (sulfide) groups is 2. The molecule has 3 rings (SSSR count). The molecule has 1 aliphatic heterocycles. The van der Waals surface area contributed by atoms with E-state index in [9.17, 15) is 0 Å². The second-order valence-corrected chi connectivity index (χ2v) is 6.44. The Hall–Kier alpha value is -1.92. The molecule has 0 bridgehead atoms. The molecule has 0 spiro atoms. The highest BCUT2D eigenvalue weighted by Gasteiger charge is 2.26. The zero-order valence-electron chi connectivity index (χ0n) is 12.1. The van der Waals surface area contributed by atoms with Crippen LogP contribution >= 0.6 is 23.5 Å². The van der Waals surface area contributed by atoms with Gasteiger partial charge in [-0.15, -0.1) is 11.8 Å². The second kappa shape index (κ2) is 6.89. The maximum atomic E-state index is 6.15. The molecule has 0 aromatic heterocycles. The van der Waals surface area contributed by atoms with Crippen LogP contribution in [0.2, 0.25) is 0 Å². The van der Waals surface area contributed by atoms with Gasteiger partial charge >= 0.3 is 0 Å². The van der Waals surface area contributed by atoms with Crippen LogP contribution in [0.4, 0.5) is 5.69 Å². The number of nitrogens with two attached hydrogens (primary N) is 1. The molecule has 2 aromatic rings. The predicted octanol–water partition coefficient (Wildman–Crippen LogP) is 4.05. The average Bonchev–Trinajstić information content (AvgIpc) is 3.06. The molecule has 0 radical (unpaired) electrons. The summed E-state index contributed by atoms with van der Waals surface area (Å²) in [6.07, 6.45) is 2.05. The summed E-state index contributed by atoms with van der Waals surface area (Å²) in [7, 11) is 0. The molecule has 1 aliphatic rings. The van der Waals surface area contributed by atoms with Crippen molar-refractivity contribution in [3.05, 3.63) is 60.2 Å². The van der Waals surface area contributed by atoms with Crippen LogP contribution in [0.3, 0.4) is 0 Å². The Bertz CT molecular complexity index is 683. The van der Waals surface area contributed by atoms with Crippen molar-refractivity contribution < 1.29 is 0 Å². The highest BCUT2D eigenvalue weighted by molar-refractivity contribution is 8.12. The van der Waals surface area contributed by atoms with Gasteiger partial charge in [0, 0.05) is 4.90 Å². The maximum Gasteiger partial charge on any atom is 0.218 e. The molecule has 112 valence electrons. The van der Waals surface area contributed by atoms with E-state index in [2.05, 4.69) is 22.2 Å². The van der Waals surface area contributed by atoms with Crippen molar-refractivity contribution in [1.29, 1.82) is 0 Å². The fourth-order valence-corrected chi connectivity index (χ4v) is 3.38. The quantitative estimate of drug-likeness (QED) is 0.525. The van der Waals surface area contributed by atoms with E-state index < -0.39 is 0 Å². The van der Waals surface area contributed by atoms with Crippen molar-refractivity contribution in [3.8, 4) is 0 Å². The lowest BCUT2D eigenvalue weighted by molar-refractivity contribution is 0.435. The molecule has 0 saturated carbocycles. The van der Waals surface area contributed by atoms with Gasteiger partial charge in [0.15, 0.2) is 0 Å². The summed E-state index contributed by atoms with van der Waals surface area (Å²) in [5.41, 5.74) is 9.94. The van der Waals surface area contributed by atoms with E-state index in [1.165, 1.54) is 4.90 Å². The summed E-state index contributed by atoms with van der Waals surface area (Å²) in [6, 6.07) is 18.2. The normalized spacial score (nSPS) is 18.0. The van der Waals surface area contributed by atoms with Gasteiger partial charge in [0.1, 0.15) is 5.37 Å². The fraction of sp³-hybridized carbons (Fsp3) is 0.125. The molecule has 0 fully saturated rings. The van der Waals surface area contributed by atoms with E-state index in [-0.39, 0.29) is 5.37 Å². The van der Waals surface area contributed by atoms with Crippen molar-refractivity contribution in [2.24, 2.45) is 15.8 Å². The monoisotopic (exact) mass is 328 g/mol. The van der Waals surface area contributed by atoms with Crippen LogP contribution in [-0.2, 0) is 0 Å². The molecule has 2 N–H and O–H groups in total. The average molecular weight is 328 g/mol. The number of benzene rings is 2. The largest absolute Gasteiger partial charge is 0.368 e. The number of hydrogen-bond donors (Lipinski definition) is 1. The first-order valence-corrected chi connectivity index (χ1v) is 8.95. The van der Waals surface area contributed by atoms with E-state index in [0.29, 0.717) is 5.96 Å². The minimum atomic E-state index is 0.0374. The SMILES string of the molecule is CSc1ccc(N=C(N)N2N=CSC2c2ccccc2)cc1. The van der Waals surface area contributed by atoms with Gasteiger partial charge in [0.25, 0.3) is 0 Å². The first-order chi connectivity index (χ1) is 10.8. The van der Waals surface area contributed by atoms with Gasteiger partial charge in [-0.05, 0) is 36.1 Å². The number of hydrogen-bond acceptors (Lipinski definition) is 4. The molecule has 22 heavy (non-hydrogen) atoms. The molecule has 1 atom stereocenters. The lowest BCUT2D eigenvalue weighted by atomic mass is 10.2. The van der Waals surface area contributed by atoms with Crippen molar-refractivity contribution in [2.45, 2.75) is 10.3 Å². The number of aliphatic imine (C=N–C) groups is 1. The molecule has 0 amide bonds. The third kappa shape index (κ3) is 3.28. The summed E-state index contributed by atoms with van der Waals surface area (Å²) in [5.74, 6) is 0.395. The third-order valence-electron chi connectivity index (χ3n) is 3.22. The van der Waals surface area contributed by atoms with E-state index >= 15 is 0 Å². The molecule has 2 aromatic carbocycles. The second-order valence-electron chi connectivity index (χ2n) is 4.63. The van der Waals surface area contributed by atoms with Crippen molar-refractivity contribution >= 4 is 40.7 Å². The van der Waals surface area contributed by atoms with E-state index in [4.69, 9.17) is 5.73 Å². The fourth-order valence-electron chi connectivity index (χ4n) is 2.11. The van der Waals surface area contributed by atoms with Crippen LogP contribution in [0.25, 0.3) is 0 Å². The van der Waals surface area contributed by atoms with Crippen LogP contribution in [0, 0.1) is 0 Å². The summed E-state index contributed by atoms with van der Waals surface area (Å²) in [5, 5.41) is 6.12. The van der Waals surface area contributed by atoms with Gasteiger partial charge < -0.3 is 5.73 Å². The van der Waals surface area contributed by atoms with Gasteiger partial charge in [-0.1, -0.05) is 42.1 Å². The van der Waals surface area contributed by atoms with Gasteiger partial charge in [0.05, 0.1) is 11.2 Å². The van der Waals surface area contributed by atoms with Crippen molar-refractivity contribution in [3.63, 3.8) is 0 Å². The van der Waals surface area contributed by atoms with Crippen LogP contribution in [0.1, 0.15) is 10.9 Å². The first kappa shape index (κ1) is 15.0. The Kier molecular flexibility index (Phi) is 4.70. The summed E-state index contributed by atoms with van der Waals surface area (Å²) in [6.45, 7) is 0. The Balaban J connectivity index is 1.82. The Morgan fingerprint density at radius 1 is 1.18 bits per heavy atom. The van der Waals surface area contributed by atoms with Gasteiger partial charge in [-0.2, -0.15) is 5.10 Å². The third-order valence-corrected chi connectivity index (χ3v) is 4.91. The number of rotatable bonds is 3. The van der Waals surface area contributed by atoms with E-state index in [1.54, 1.807) is 34.1 Å². The molecular formula is C16H16N4S2. The topological polar surface area (TPSA) is 54.0 Å². The molecule has 1 heterocycles. The van der Waals surface area contributed by atoms with Gasteiger partial charge in [-0.25, -0.2) is 10.0 Å².